The third-order valence-corrected chi connectivity index (χ3v) is 6.05. The second-order valence-electron chi connectivity index (χ2n) is 7.87. The molecule has 0 aliphatic rings. The summed E-state index contributed by atoms with van der Waals surface area (Å²) in [6.07, 6.45) is 0.781. The van der Waals surface area contributed by atoms with Crippen molar-refractivity contribution >= 4 is 15.9 Å². The molecule has 0 fully saturated rings. The van der Waals surface area contributed by atoms with Crippen molar-refractivity contribution in [3.63, 3.8) is 0 Å². The highest BCUT2D eigenvalue weighted by atomic mass is 32.2. The van der Waals surface area contributed by atoms with Crippen LogP contribution in [0.15, 0.2) is 53.4 Å². The first-order valence-corrected chi connectivity index (χ1v) is 11.1. The Labute approximate surface area is 173 Å². The number of carbonyl (C=O) groups excluding carboxylic acids is 1. The number of amides is 1. The number of hydrogen-bond donors (Lipinski definition) is 2. The molecule has 6 nitrogen and oxygen atoms in total. The van der Waals surface area contributed by atoms with Crippen LogP contribution >= 0.6 is 0 Å². The zero-order chi connectivity index (χ0) is 21.5. The van der Waals surface area contributed by atoms with Gasteiger partial charge in [0, 0.05) is 19.5 Å². The van der Waals surface area contributed by atoms with Gasteiger partial charge in [0.2, 0.25) is 15.9 Å². The van der Waals surface area contributed by atoms with Crippen molar-refractivity contribution in [2.45, 2.75) is 43.9 Å². The van der Waals surface area contributed by atoms with Crippen molar-refractivity contribution in [3.05, 3.63) is 59.7 Å². The number of hydrogen-bond acceptors (Lipinski definition) is 4. The molecule has 0 aromatic heterocycles. The third kappa shape index (κ3) is 7.18. The molecular weight excluding hydrogens is 388 g/mol. The van der Waals surface area contributed by atoms with Crippen molar-refractivity contribution in [1.29, 1.82) is 0 Å². The van der Waals surface area contributed by atoms with Crippen LogP contribution in [0.2, 0.25) is 0 Å². The molecule has 0 bridgehead atoms. The fourth-order valence-electron chi connectivity index (χ4n) is 2.74. The number of methoxy groups -OCH3 is 1. The average Bonchev–Trinajstić information content (AvgIpc) is 2.68. The van der Waals surface area contributed by atoms with Gasteiger partial charge in [-0.3, -0.25) is 4.79 Å². The predicted molar refractivity (Wildman–Crippen MR) is 115 cm³/mol. The molecule has 2 rings (SSSR count). The van der Waals surface area contributed by atoms with Crippen LogP contribution in [0.25, 0.3) is 0 Å². The van der Waals surface area contributed by atoms with Crippen LogP contribution in [-0.2, 0) is 26.7 Å². The zero-order valence-electron chi connectivity index (χ0n) is 17.5. The van der Waals surface area contributed by atoms with Crippen LogP contribution in [0.4, 0.5) is 0 Å². The lowest BCUT2D eigenvalue weighted by Gasteiger charge is -2.19. The number of nitrogens with one attached hydrogen (secondary N) is 2. The second kappa shape index (κ2) is 9.89. The summed E-state index contributed by atoms with van der Waals surface area (Å²) in [4.78, 5) is 12.1. The molecule has 7 heteroatoms. The standard InChI is InChI=1S/C22H30N2O4S/c1-22(2,3)18-7-11-20(12-8-18)29(26,27)24-16-14-21(25)23-15-13-17-5-9-19(28-4)10-6-17/h5-12,24H,13-16H2,1-4H3,(H,23,25). The molecule has 0 saturated carbocycles. The van der Waals surface area contributed by atoms with Crippen LogP contribution in [0.1, 0.15) is 38.3 Å². The minimum atomic E-state index is -3.63. The number of carbonyl (C=O) groups is 1. The summed E-state index contributed by atoms with van der Waals surface area (Å²) in [6.45, 7) is 6.76. The van der Waals surface area contributed by atoms with Crippen LogP contribution < -0.4 is 14.8 Å². The first kappa shape index (κ1) is 22.9. The predicted octanol–water partition coefficient (Wildman–Crippen LogP) is 3.02. The van der Waals surface area contributed by atoms with E-state index in [4.69, 9.17) is 4.74 Å². The van der Waals surface area contributed by atoms with E-state index in [0.717, 1.165) is 16.9 Å². The Morgan fingerprint density at radius 2 is 1.59 bits per heavy atom. The minimum absolute atomic E-state index is 0.0420. The van der Waals surface area contributed by atoms with Gasteiger partial charge in [-0.05, 0) is 47.2 Å². The van der Waals surface area contributed by atoms with Gasteiger partial charge in [-0.1, -0.05) is 45.0 Å². The fourth-order valence-corrected chi connectivity index (χ4v) is 3.78. The van der Waals surface area contributed by atoms with Crippen LogP contribution in [-0.4, -0.2) is 34.5 Å². The van der Waals surface area contributed by atoms with E-state index < -0.39 is 10.0 Å². The summed E-state index contributed by atoms with van der Waals surface area (Å²) in [5, 5.41) is 2.80. The van der Waals surface area contributed by atoms with E-state index in [1.807, 2.05) is 36.4 Å². The van der Waals surface area contributed by atoms with Crippen molar-refractivity contribution < 1.29 is 17.9 Å². The van der Waals surface area contributed by atoms with Crippen LogP contribution in [0, 0.1) is 0 Å². The highest BCUT2D eigenvalue weighted by Crippen LogP contribution is 2.23. The van der Waals surface area contributed by atoms with E-state index >= 15 is 0 Å². The number of rotatable bonds is 9. The Balaban J connectivity index is 1.75. The van der Waals surface area contributed by atoms with E-state index in [2.05, 4.69) is 30.8 Å². The molecular formula is C22H30N2O4S. The van der Waals surface area contributed by atoms with E-state index in [1.165, 1.54) is 0 Å². The van der Waals surface area contributed by atoms with Gasteiger partial charge >= 0.3 is 0 Å². The number of ether oxygens (including phenoxy) is 1. The van der Waals surface area contributed by atoms with E-state index in [0.29, 0.717) is 13.0 Å². The SMILES string of the molecule is COc1ccc(CCNC(=O)CCNS(=O)(=O)c2ccc(C(C)(C)C)cc2)cc1. The Bertz CT molecular complexity index is 899. The molecule has 0 spiro atoms. The normalized spacial score (nSPS) is 11.9. The monoisotopic (exact) mass is 418 g/mol. The summed E-state index contributed by atoms with van der Waals surface area (Å²) in [6, 6.07) is 14.5. The largest absolute Gasteiger partial charge is 0.497 e. The Kier molecular flexibility index (Phi) is 7.81. The van der Waals surface area contributed by atoms with Crippen molar-refractivity contribution in [2.75, 3.05) is 20.2 Å². The summed E-state index contributed by atoms with van der Waals surface area (Å²) in [7, 11) is -2.01. The molecule has 2 aromatic carbocycles. The maximum Gasteiger partial charge on any atom is 0.240 e. The first-order chi connectivity index (χ1) is 13.6. The van der Waals surface area contributed by atoms with Gasteiger partial charge in [-0.25, -0.2) is 13.1 Å². The molecule has 1 amide bonds. The number of sulfonamides is 1. The highest BCUT2D eigenvalue weighted by molar-refractivity contribution is 7.89. The van der Waals surface area contributed by atoms with Gasteiger partial charge in [0.15, 0.2) is 0 Å². The minimum Gasteiger partial charge on any atom is -0.497 e. The van der Waals surface area contributed by atoms with E-state index in [9.17, 15) is 13.2 Å². The summed E-state index contributed by atoms with van der Waals surface area (Å²) in [5.41, 5.74) is 2.11. The summed E-state index contributed by atoms with van der Waals surface area (Å²) >= 11 is 0. The molecule has 158 valence electrons. The van der Waals surface area contributed by atoms with Gasteiger partial charge in [0.05, 0.1) is 12.0 Å². The fraction of sp³-hybridized carbons (Fsp3) is 0.409. The lowest BCUT2D eigenvalue weighted by Crippen LogP contribution is -2.31. The van der Waals surface area contributed by atoms with Crippen molar-refractivity contribution in [3.8, 4) is 5.75 Å². The summed E-state index contributed by atoms with van der Waals surface area (Å²) in [5.74, 6) is 0.599. The lowest BCUT2D eigenvalue weighted by atomic mass is 9.87. The molecule has 0 radical (unpaired) electrons. The second-order valence-corrected chi connectivity index (χ2v) is 9.64. The quantitative estimate of drug-likeness (QED) is 0.656. The molecule has 2 aromatic rings. The molecule has 0 saturated heterocycles. The molecule has 29 heavy (non-hydrogen) atoms. The maximum absolute atomic E-state index is 12.4. The van der Waals surface area contributed by atoms with Crippen molar-refractivity contribution in [2.24, 2.45) is 0 Å². The molecule has 0 aliphatic carbocycles. The third-order valence-electron chi connectivity index (χ3n) is 4.57. The van der Waals surface area contributed by atoms with Gasteiger partial charge in [0.25, 0.3) is 0 Å². The smallest absolute Gasteiger partial charge is 0.240 e. The molecule has 0 unspecified atom stereocenters. The lowest BCUT2D eigenvalue weighted by molar-refractivity contribution is -0.120. The maximum atomic E-state index is 12.4. The van der Waals surface area contributed by atoms with Gasteiger partial charge < -0.3 is 10.1 Å². The van der Waals surface area contributed by atoms with Crippen LogP contribution in [0.5, 0.6) is 5.75 Å². The van der Waals surface area contributed by atoms with E-state index in [-0.39, 0.29) is 29.2 Å². The van der Waals surface area contributed by atoms with Gasteiger partial charge in [-0.15, -0.1) is 0 Å². The van der Waals surface area contributed by atoms with E-state index in [1.54, 1.807) is 19.2 Å². The van der Waals surface area contributed by atoms with Gasteiger partial charge in [-0.2, -0.15) is 0 Å². The van der Waals surface area contributed by atoms with Gasteiger partial charge in [0.1, 0.15) is 5.75 Å². The zero-order valence-corrected chi connectivity index (χ0v) is 18.3. The highest BCUT2D eigenvalue weighted by Gasteiger charge is 2.17. The Morgan fingerprint density at radius 3 is 2.14 bits per heavy atom. The topological polar surface area (TPSA) is 84.5 Å². The molecule has 2 N–H and O–H groups in total. The van der Waals surface area contributed by atoms with Crippen LogP contribution in [0.3, 0.4) is 0 Å². The average molecular weight is 419 g/mol. The van der Waals surface area contributed by atoms with Crippen molar-refractivity contribution in [1.82, 2.24) is 10.0 Å². The molecule has 0 atom stereocenters. The Hall–Kier alpha value is -2.38. The first-order valence-electron chi connectivity index (χ1n) is 9.62. The Morgan fingerprint density at radius 1 is 0.966 bits per heavy atom. The molecule has 0 heterocycles. The summed E-state index contributed by atoms with van der Waals surface area (Å²) < 4.78 is 32.3. The molecule has 0 aliphatic heterocycles. The number of benzene rings is 2.